The van der Waals surface area contributed by atoms with E-state index in [0.717, 1.165) is 144 Å². The molecule has 10 nitrogen and oxygen atoms in total. The predicted molar refractivity (Wildman–Crippen MR) is 418 cm³/mol. The first-order valence-electron chi connectivity index (χ1n) is 32.2. The summed E-state index contributed by atoms with van der Waals surface area (Å²) in [6.07, 6.45) is 3.59. The van der Waals surface area contributed by atoms with E-state index in [0.29, 0.717) is 56.0 Å². The molecule has 18 heteroatoms. The minimum Gasteiger partial charge on any atom is -0.495 e. The van der Waals surface area contributed by atoms with Crippen LogP contribution in [0.3, 0.4) is 0 Å². The molecule has 8 aromatic heterocycles. The van der Waals surface area contributed by atoms with Crippen molar-refractivity contribution in [1.82, 2.24) is 0 Å². The van der Waals surface area contributed by atoms with Gasteiger partial charge < -0.3 is 18.9 Å². The molecule has 0 fully saturated rings. The predicted octanol–water partition coefficient (Wildman–Crippen LogP) is 23.8. The van der Waals surface area contributed by atoms with E-state index < -0.39 is 11.2 Å². The first kappa shape index (κ1) is 63.3. The van der Waals surface area contributed by atoms with E-state index in [-0.39, 0.29) is 23.0 Å². The van der Waals surface area contributed by atoms with E-state index in [2.05, 4.69) is 147 Å². The Labute approximate surface area is 617 Å². The molecule has 0 saturated heterocycles. The minimum absolute atomic E-state index is 0.119. The van der Waals surface area contributed by atoms with Gasteiger partial charge in [0.2, 0.25) is 0 Å². The molecule has 2 aliphatic carbocycles. The number of aryl methyl sites for hydroxylation is 4. The summed E-state index contributed by atoms with van der Waals surface area (Å²) in [5.41, 5.74) is 11.4. The van der Waals surface area contributed by atoms with Crippen molar-refractivity contribution in [3.63, 3.8) is 0 Å². The van der Waals surface area contributed by atoms with Crippen LogP contribution in [0.4, 0.5) is 0 Å². The quantitative estimate of drug-likeness (QED) is 0.0752. The summed E-state index contributed by atoms with van der Waals surface area (Å²) < 4.78 is 35.0. The molecule has 0 bridgehead atoms. The van der Waals surface area contributed by atoms with Gasteiger partial charge >= 0.3 is 5.82 Å². The number of Topliss-reactive ketones (excluding diaryl/α,β-unsaturated/α-hetero) is 2. The van der Waals surface area contributed by atoms with Gasteiger partial charge in [-0.15, -0.1) is 90.7 Å². The third kappa shape index (κ3) is 9.29. The Morgan fingerprint density at radius 2 is 0.804 bits per heavy atom. The number of hydrogen-bond donors (Lipinski definition) is 0. The summed E-state index contributed by atoms with van der Waals surface area (Å²) in [6, 6.07) is 61.7. The Morgan fingerprint density at radius 3 is 1.17 bits per heavy atom. The number of benzene rings is 6. The Hall–Kier alpha value is -10.8. The van der Waals surface area contributed by atoms with Gasteiger partial charge in [0, 0.05) is 80.4 Å². The molecular weight excluding hydrogens is 1420 g/mol. The average molecular weight is 1470 g/mol. The molecular formula is C84H48N4O6S8. The molecule has 4 aliphatic rings. The van der Waals surface area contributed by atoms with Gasteiger partial charge in [0.1, 0.15) is 42.4 Å². The topological polar surface area (TPSA) is 127 Å². The summed E-state index contributed by atoms with van der Waals surface area (Å²) in [6.45, 7) is 24.3. The van der Waals surface area contributed by atoms with Crippen LogP contribution in [-0.2, 0) is 11.2 Å². The van der Waals surface area contributed by atoms with E-state index in [1.165, 1.54) is 22.7 Å². The summed E-state index contributed by atoms with van der Waals surface area (Å²) in [7, 11) is 3.31. The normalized spacial score (nSPS) is 15.1. The third-order valence-electron chi connectivity index (χ3n) is 19.3. The van der Waals surface area contributed by atoms with Crippen LogP contribution in [0.5, 0.6) is 23.0 Å². The lowest BCUT2D eigenvalue weighted by Crippen LogP contribution is -2.38. The van der Waals surface area contributed by atoms with Crippen LogP contribution in [0, 0.1) is 63.5 Å². The molecule has 0 radical (unpaired) electrons. The molecule has 0 spiro atoms. The number of ketones is 2. The van der Waals surface area contributed by atoms with Gasteiger partial charge in [-0.05, 0) is 75.2 Å². The highest BCUT2D eigenvalue weighted by Crippen LogP contribution is 2.69. The van der Waals surface area contributed by atoms with E-state index in [1.807, 2.05) is 36.4 Å². The largest absolute Gasteiger partial charge is 0.528 e. The summed E-state index contributed by atoms with van der Waals surface area (Å²) in [4.78, 5) is 44.9. The van der Waals surface area contributed by atoms with Gasteiger partial charge in [0.15, 0.2) is 34.3 Å². The molecule has 18 rings (SSSR count). The number of rotatable bonds is 10. The van der Waals surface area contributed by atoms with E-state index in [9.17, 15) is 20.1 Å². The minimum atomic E-state index is -1.16. The number of ether oxygens (including phenoxy) is 4. The van der Waals surface area contributed by atoms with Crippen molar-refractivity contribution in [2.45, 2.75) is 38.9 Å². The van der Waals surface area contributed by atoms with Gasteiger partial charge in [-0.25, -0.2) is 0 Å². The number of carbonyl (C=O) groups is 2. The maximum absolute atomic E-state index is 14.2. The number of allylic oxidation sites excluding steroid dienone is 5. The number of nitrogens with zero attached hydrogens (tertiary/aromatic N) is 4. The zero-order valence-corrected chi connectivity index (χ0v) is 61.4. The molecule has 14 aromatic rings. The molecule has 10 heterocycles. The lowest BCUT2D eigenvalue weighted by atomic mass is 9.78. The molecule has 6 aromatic carbocycles. The monoisotopic (exact) mass is 1460 g/mol. The SMILES string of the molecule is [C-]#[N+]C([N+]#[C-])=C1/C(=C/c2cc(OC)c(-c3cc4sc5c(c4s3)C(c3ccc(C)cc3)(c3ccc(C)cc3)Oc3c-5sc4c5c(sc34)-c3sc4cc(-c6sc(/C=C7\C(=O)c8ccccc8C7=C(C#N)C#N)cc6OC)sc4c3C(c3ccc(C)cc3)(c3ccc(C)cc3)O5)s2)C(=O)c2ccccc21. The van der Waals surface area contributed by atoms with E-state index >= 15 is 0 Å². The van der Waals surface area contributed by atoms with Gasteiger partial charge in [-0.3, -0.25) is 9.59 Å². The highest BCUT2D eigenvalue weighted by atomic mass is 32.1. The van der Waals surface area contributed by atoms with Crippen molar-refractivity contribution < 1.29 is 28.5 Å². The van der Waals surface area contributed by atoms with Crippen molar-refractivity contribution in [2.24, 2.45) is 0 Å². The molecule has 0 amide bonds. The van der Waals surface area contributed by atoms with Crippen molar-refractivity contribution in [1.29, 1.82) is 10.5 Å². The highest BCUT2D eigenvalue weighted by molar-refractivity contribution is 7.38. The second-order valence-electron chi connectivity index (χ2n) is 25.3. The third-order valence-corrected chi connectivity index (χ3v) is 29.5. The van der Waals surface area contributed by atoms with Gasteiger partial charge in [-0.2, -0.15) is 20.2 Å². The van der Waals surface area contributed by atoms with Crippen LogP contribution in [0.15, 0.2) is 192 Å². The first-order valence-corrected chi connectivity index (χ1v) is 38.7. The first-order chi connectivity index (χ1) is 49.7. The zero-order chi connectivity index (χ0) is 69.8. The number of thiophene rings is 8. The van der Waals surface area contributed by atoms with Crippen LogP contribution >= 0.6 is 90.7 Å². The fourth-order valence-electron chi connectivity index (χ4n) is 14.6. The van der Waals surface area contributed by atoms with E-state index in [1.54, 1.807) is 131 Å². The van der Waals surface area contributed by atoms with Crippen LogP contribution in [0.2, 0.25) is 0 Å². The van der Waals surface area contributed by atoms with E-state index in [4.69, 9.17) is 32.1 Å². The maximum atomic E-state index is 14.2. The smallest absolute Gasteiger partial charge is 0.495 e. The number of hydrogen-bond acceptors (Lipinski definition) is 16. The van der Waals surface area contributed by atoms with Crippen LogP contribution < -0.4 is 18.9 Å². The number of methoxy groups -OCH3 is 2. The van der Waals surface area contributed by atoms with Crippen molar-refractivity contribution in [3.05, 3.63) is 303 Å². The lowest BCUT2D eigenvalue weighted by Gasteiger charge is -2.39. The Kier molecular flexibility index (Phi) is 14.8. The maximum Gasteiger partial charge on any atom is 0.528 e. The van der Waals surface area contributed by atoms with Crippen LogP contribution in [0.1, 0.15) is 97.2 Å². The second kappa shape index (κ2) is 23.9. The Balaban J connectivity index is 0.832. The van der Waals surface area contributed by atoms with Crippen molar-refractivity contribution in [3.8, 4) is 74.2 Å². The van der Waals surface area contributed by atoms with Crippen molar-refractivity contribution >= 4 is 154 Å². The average Bonchev–Trinajstić information content (AvgIpc) is 1.48. The molecule has 0 N–H and O–H groups in total. The van der Waals surface area contributed by atoms with Gasteiger partial charge in [0.25, 0.3) is 0 Å². The molecule has 488 valence electrons. The Bertz CT molecular complexity index is 5850. The summed E-state index contributed by atoms with van der Waals surface area (Å²) in [5.74, 6) is 2.25. The number of fused-ring (bicyclic) bond motifs is 15. The standard InChI is InChI=1S/C84H48N4O6S8/c1-41-17-25-46(26-18-41)83(47-27-19-42(2)20-28-47)66-74-62(37-60(97-74)72-58(91-7)35-50(95-72)33-56-64(45(39-85)40-86)52-13-9-11-15-54(52)68(56)89)99-76(66)78-70(93-83)80-81(101-78)71-79(102-80)77-67(84(94-71,48-29-21-43(3)22-30-48)49-31-23-44(4)24-32-49)75-63(100-77)38-61(98-75)73-59(92-8)36-51(96-73)34-57-65(82(87-5)88-6)53-14-10-12-16-55(53)69(57)90/h9-38H,1-4,7-8H3/b56-33-,57-34-. The van der Waals surface area contributed by atoms with Gasteiger partial charge in [-0.1, -0.05) is 168 Å². The second-order valence-corrected chi connectivity index (χ2v) is 33.7. The van der Waals surface area contributed by atoms with Gasteiger partial charge in [0.05, 0.1) is 77.6 Å². The summed E-state index contributed by atoms with van der Waals surface area (Å²) in [5, 5.41) is 20.3. The Morgan fingerprint density at radius 1 is 0.441 bits per heavy atom. The van der Waals surface area contributed by atoms with Crippen LogP contribution in [-0.4, -0.2) is 25.8 Å². The summed E-state index contributed by atoms with van der Waals surface area (Å²) >= 11 is 13.3. The molecule has 0 unspecified atom stereocenters. The van der Waals surface area contributed by atoms with Crippen molar-refractivity contribution in [2.75, 3.05) is 14.2 Å². The lowest BCUT2D eigenvalue weighted by molar-refractivity contribution is 0.103. The fraction of sp³-hybridized carbons (Fsp3) is 0.0952. The molecule has 2 aliphatic heterocycles. The molecule has 0 saturated carbocycles. The highest BCUT2D eigenvalue weighted by Gasteiger charge is 2.53. The fourth-order valence-corrected chi connectivity index (χ4v) is 25.2. The number of nitriles is 2. The number of carbonyl (C=O) groups excluding carboxylic acids is 2. The zero-order valence-electron chi connectivity index (χ0n) is 54.8. The molecule has 102 heavy (non-hydrogen) atoms. The van der Waals surface area contributed by atoms with Crippen LogP contribution in [0.25, 0.3) is 100 Å². The molecule has 0 atom stereocenters.